The minimum absolute atomic E-state index is 0.121. The van der Waals surface area contributed by atoms with Crippen molar-refractivity contribution in [2.45, 2.75) is 25.7 Å². The maximum absolute atomic E-state index is 12.6. The Morgan fingerprint density at radius 1 is 1.33 bits per heavy atom. The molecule has 1 aromatic carbocycles. The Kier molecular flexibility index (Phi) is 3.64. The van der Waals surface area contributed by atoms with Gasteiger partial charge in [0.1, 0.15) is 0 Å². The number of halogens is 3. The zero-order valence-corrected chi connectivity index (χ0v) is 10.2. The van der Waals surface area contributed by atoms with Crippen molar-refractivity contribution in [3.63, 3.8) is 0 Å². The van der Waals surface area contributed by atoms with Crippen molar-refractivity contribution in [3.05, 3.63) is 35.4 Å². The predicted octanol–water partition coefficient (Wildman–Crippen LogP) is 2.48. The lowest BCUT2D eigenvalue weighted by atomic mass is 10.1. The van der Waals surface area contributed by atoms with Crippen LogP contribution in [0.1, 0.15) is 18.1 Å². The molecule has 2 nitrogen and oxygen atoms in total. The van der Waals surface area contributed by atoms with Crippen molar-refractivity contribution in [3.8, 4) is 0 Å². The average Bonchev–Trinajstić information content (AvgIpc) is 2.57. The van der Waals surface area contributed by atoms with Gasteiger partial charge >= 0.3 is 6.18 Å². The number of likely N-dealkylation sites (tertiary alicyclic amines) is 1. The summed E-state index contributed by atoms with van der Waals surface area (Å²) >= 11 is 0. The Morgan fingerprint density at radius 2 is 2.06 bits per heavy atom. The van der Waals surface area contributed by atoms with Crippen molar-refractivity contribution >= 4 is 0 Å². The summed E-state index contributed by atoms with van der Waals surface area (Å²) in [6.07, 6.45) is -4.27. The number of nitrogens with zero attached hydrogens (tertiary/aromatic N) is 1. The number of rotatable bonds is 2. The molecule has 0 aromatic heterocycles. The van der Waals surface area contributed by atoms with Gasteiger partial charge in [0.2, 0.25) is 0 Å². The van der Waals surface area contributed by atoms with Gasteiger partial charge in [-0.05, 0) is 17.5 Å². The highest BCUT2D eigenvalue weighted by atomic mass is 19.4. The Hall–Kier alpha value is -1.07. The summed E-state index contributed by atoms with van der Waals surface area (Å²) in [5, 5.41) is 0. The highest BCUT2D eigenvalue weighted by Crippen LogP contribution is 2.30. The topological polar surface area (TPSA) is 29.3 Å². The maximum atomic E-state index is 12.6. The minimum atomic E-state index is -4.27. The van der Waals surface area contributed by atoms with E-state index in [0.29, 0.717) is 18.0 Å². The first-order valence-electron chi connectivity index (χ1n) is 6.00. The second kappa shape index (κ2) is 4.90. The molecule has 0 aliphatic carbocycles. The quantitative estimate of drug-likeness (QED) is 0.883. The van der Waals surface area contributed by atoms with Gasteiger partial charge in [-0.15, -0.1) is 0 Å². The normalized spacial score (nSPS) is 25.6. The molecule has 0 radical (unpaired) electrons. The van der Waals surface area contributed by atoms with Crippen LogP contribution in [0.2, 0.25) is 0 Å². The van der Waals surface area contributed by atoms with Crippen molar-refractivity contribution in [2.24, 2.45) is 11.7 Å². The largest absolute Gasteiger partial charge is 0.416 e. The third-order valence-corrected chi connectivity index (χ3v) is 3.41. The first kappa shape index (κ1) is 13.4. The third kappa shape index (κ3) is 3.03. The molecule has 0 amide bonds. The monoisotopic (exact) mass is 258 g/mol. The summed E-state index contributed by atoms with van der Waals surface area (Å²) in [7, 11) is 0. The molecule has 2 rings (SSSR count). The zero-order chi connectivity index (χ0) is 13.3. The molecule has 1 aliphatic heterocycles. The summed E-state index contributed by atoms with van der Waals surface area (Å²) in [6.45, 7) is 4.19. The molecule has 0 spiro atoms. The lowest BCUT2D eigenvalue weighted by Crippen LogP contribution is -2.28. The first-order chi connectivity index (χ1) is 8.36. The minimum Gasteiger partial charge on any atom is -0.326 e. The van der Waals surface area contributed by atoms with Crippen LogP contribution in [0, 0.1) is 5.92 Å². The van der Waals surface area contributed by atoms with E-state index in [-0.39, 0.29) is 6.04 Å². The second-order valence-electron chi connectivity index (χ2n) is 5.03. The smallest absolute Gasteiger partial charge is 0.326 e. The van der Waals surface area contributed by atoms with Gasteiger partial charge in [0.15, 0.2) is 0 Å². The molecule has 0 bridgehead atoms. The predicted molar refractivity (Wildman–Crippen MR) is 63.9 cm³/mol. The van der Waals surface area contributed by atoms with E-state index in [1.807, 2.05) is 0 Å². The fourth-order valence-electron chi connectivity index (χ4n) is 2.33. The lowest BCUT2D eigenvalue weighted by molar-refractivity contribution is -0.137. The van der Waals surface area contributed by atoms with Gasteiger partial charge in [-0.2, -0.15) is 13.2 Å². The highest BCUT2D eigenvalue weighted by Gasteiger charge is 2.31. The number of hydrogen-bond donors (Lipinski definition) is 1. The van der Waals surface area contributed by atoms with Crippen molar-refractivity contribution in [2.75, 3.05) is 13.1 Å². The highest BCUT2D eigenvalue weighted by molar-refractivity contribution is 5.25. The summed E-state index contributed by atoms with van der Waals surface area (Å²) in [6, 6.07) is 5.62. The zero-order valence-electron chi connectivity index (χ0n) is 10.2. The number of benzene rings is 1. The van der Waals surface area contributed by atoms with Gasteiger partial charge in [-0.25, -0.2) is 0 Å². The molecule has 0 saturated carbocycles. The van der Waals surface area contributed by atoms with E-state index in [2.05, 4.69) is 11.8 Å². The van der Waals surface area contributed by atoms with Crippen LogP contribution >= 0.6 is 0 Å². The summed E-state index contributed by atoms with van der Waals surface area (Å²) in [5.74, 6) is 0.399. The van der Waals surface area contributed by atoms with E-state index in [4.69, 9.17) is 5.73 Å². The summed E-state index contributed by atoms with van der Waals surface area (Å²) in [5.41, 5.74) is 6.00. The van der Waals surface area contributed by atoms with Crippen LogP contribution in [0.3, 0.4) is 0 Å². The molecule has 1 heterocycles. The SMILES string of the molecule is CC1CN(Cc2cccc(C(F)(F)F)c2)CC1N. The van der Waals surface area contributed by atoms with Crippen molar-refractivity contribution in [1.29, 1.82) is 0 Å². The molecule has 100 valence electrons. The standard InChI is InChI=1S/C13H17F3N2/c1-9-6-18(8-12(9)17)7-10-3-2-4-11(5-10)13(14,15)16/h2-5,9,12H,6-8,17H2,1H3. The van der Waals surface area contributed by atoms with Crippen LogP contribution in [0.25, 0.3) is 0 Å². The van der Waals surface area contributed by atoms with E-state index in [1.54, 1.807) is 6.07 Å². The van der Waals surface area contributed by atoms with Crippen LogP contribution in [-0.4, -0.2) is 24.0 Å². The maximum Gasteiger partial charge on any atom is 0.416 e. The Labute approximate surface area is 105 Å². The van der Waals surface area contributed by atoms with Crippen LogP contribution in [0.5, 0.6) is 0 Å². The van der Waals surface area contributed by atoms with Gasteiger partial charge in [-0.3, -0.25) is 4.90 Å². The van der Waals surface area contributed by atoms with Gasteiger partial charge in [-0.1, -0.05) is 25.1 Å². The van der Waals surface area contributed by atoms with Crippen LogP contribution in [0.15, 0.2) is 24.3 Å². The molecule has 1 aliphatic rings. The van der Waals surface area contributed by atoms with E-state index < -0.39 is 11.7 Å². The van der Waals surface area contributed by atoms with E-state index >= 15 is 0 Å². The number of alkyl halides is 3. The number of hydrogen-bond acceptors (Lipinski definition) is 2. The molecule has 2 atom stereocenters. The van der Waals surface area contributed by atoms with E-state index in [0.717, 1.165) is 19.2 Å². The molecule has 2 unspecified atom stereocenters. The van der Waals surface area contributed by atoms with E-state index in [9.17, 15) is 13.2 Å². The van der Waals surface area contributed by atoms with Crippen molar-refractivity contribution in [1.82, 2.24) is 4.90 Å². The Bertz CT molecular complexity index is 407. The second-order valence-corrected chi connectivity index (χ2v) is 5.03. The van der Waals surface area contributed by atoms with Gasteiger partial charge in [0.25, 0.3) is 0 Å². The van der Waals surface area contributed by atoms with E-state index in [1.165, 1.54) is 12.1 Å². The Balaban J connectivity index is 2.06. The molecule has 5 heteroatoms. The summed E-state index contributed by atoms with van der Waals surface area (Å²) in [4.78, 5) is 2.10. The van der Waals surface area contributed by atoms with Gasteiger partial charge < -0.3 is 5.73 Å². The molecule has 2 N–H and O–H groups in total. The van der Waals surface area contributed by atoms with Gasteiger partial charge in [0, 0.05) is 25.7 Å². The van der Waals surface area contributed by atoms with Crippen LogP contribution < -0.4 is 5.73 Å². The number of nitrogens with two attached hydrogens (primary N) is 1. The fourth-order valence-corrected chi connectivity index (χ4v) is 2.33. The molecule has 1 fully saturated rings. The van der Waals surface area contributed by atoms with Crippen molar-refractivity contribution < 1.29 is 13.2 Å². The molecule has 1 aromatic rings. The lowest BCUT2D eigenvalue weighted by Gasteiger charge is -2.16. The Morgan fingerprint density at radius 3 is 2.61 bits per heavy atom. The van der Waals surface area contributed by atoms with Gasteiger partial charge in [0.05, 0.1) is 5.56 Å². The average molecular weight is 258 g/mol. The molecule has 1 saturated heterocycles. The third-order valence-electron chi connectivity index (χ3n) is 3.41. The fraction of sp³-hybridized carbons (Fsp3) is 0.538. The first-order valence-corrected chi connectivity index (χ1v) is 6.00. The molecular formula is C13H17F3N2. The summed E-state index contributed by atoms with van der Waals surface area (Å²) < 4.78 is 37.7. The van der Waals surface area contributed by atoms with Crippen LogP contribution in [-0.2, 0) is 12.7 Å². The molecule has 18 heavy (non-hydrogen) atoms. The molecular weight excluding hydrogens is 241 g/mol. The van der Waals surface area contributed by atoms with Crippen LogP contribution in [0.4, 0.5) is 13.2 Å².